The molecular weight excluding hydrogens is 393 g/mol. The molecule has 0 aromatic heterocycles. The zero-order valence-electron chi connectivity index (χ0n) is 12.7. The number of methoxy groups -OCH3 is 2. The molecular formula is C17H18INO3. The first-order valence-electron chi connectivity index (χ1n) is 6.84. The molecule has 116 valence electrons. The van der Waals surface area contributed by atoms with E-state index < -0.39 is 0 Å². The van der Waals surface area contributed by atoms with Crippen molar-refractivity contribution < 1.29 is 14.3 Å². The highest BCUT2D eigenvalue weighted by molar-refractivity contribution is 14.1. The van der Waals surface area contributed by atoms with E-state index in [0.717, 1.165) is 9.13 Å². The molecule has 0 fully saturated rings. The van der Waals surface area contributed by atoms with Crippen LogP contribution in [0.3, 0.4) is 0 Å². The van der Waals surface area contributed by atoms with Crippen molar-refractivity contribution in [2.75, 3.05) is 14.2 Å². The molecule has 1 atom stereocenters. The Morgan fingerprint density at radius 1 is 1.09 bits per heavy atom. The summed E-state index contributed by atoms with van der Waals surface area (Å²) in [6.07, 6.45) is 0. The Bertz CT molecular complexity index is 673. The number of ether oxygens (including phenoxy) is 2. The Labute approximate surface area is 144 Å². The number of carbonyl (C=O) groups is 1. The van der Waals surface area contributed by atoms with Crippen LogP contribution in [0.2, 0.25) is 0 Å². The normalized spacial score (nSPS) is 11.6. The summed E-state index contributed by atoms with van der Waals surface area (Å²) in [7, 11) is 3.19. The Kier molecular flexibility index (Phi) is 5.65. The topological polar surface area (TPSA) is 47.6 Å². The van der Waals surface area contributed by atoms with E-state index >= 15 is 0 Å². The van der Waals surface area contributed by atoms with Gasteiger partial charge in [-0.05, 0) is 59.3 Å². The quantitative estimate of drug-likeness (QED) is 0.762. The lowest BCUT2D eigenvalue weighted by Crippen LogP contribution is -2.27. The molecule has 5 heteroatoms. The average Bonchev–Trinajstić information content (AvgIpc) is 2.54. The Hall–Kier alpha value is -1.76. The van der Waals surface area contributed by atoms with Crippen molar-refractivity contribution in [1.29, 1.82) is 0 Å². The molecule has 0 spiro atoms. The third-order valence-corrected chi connectivity index (χ3v) is 4.31. The molecule has 22 heavy (non-hydrogen) atoms. The second-order valence-corrected chi connectivity index (χ2v) is 5.95. The third kappa shape index (κ3) is 3.71. The molecule has 0 aliphatic heterocycles. The van der Waals surface area contributed by atoms with Crippen molar-refractivity contribution in [3.05, 3.63) is 57.2 Å². The second kappa shape index (κ2) is 7.49. The standard InChI is InChI=1S/C17H18INO3/c1-11(12-8-9-15(21-2)16(10-12)22-3)19-17(20)13-6-4-5-7-14(13)18/h4-11H,1-3H3,(H,19,20)/t11-/m0/s1. The van der Waals surface area contributed by atoms with Gasteiger partial charge in [-0.15, -0.1) is 0 Å². The summed E-state index contributed by atoms with van der Waals surface area (Å²) in [5.74, 6) is 1.23. The molecule has 1 N–H and O–H groups in total. The van der Waals surface area contributed by atoms with E-state index in [0.29, 0.717) is 17.1 Å². The minimum absolute atomic E-state index is 0.0905. The first-order chi connectivity index (χ1) is 10.6. The number of nitrogens with one attached hydrogen (secondary N) is 1. The summed E-state index contributed by atoms with van der Waals surface area (Å²) in [5, 5.41) is 3.00. The van der Waals surface area contributed by atoms with Gasteiger partial charge in [0.1, 0.15) is 0 Å². The summed E-state index contributed by atoms with van der Waals surface area (Å²) in [6, 6.07) is 13.0. The smallest absolute Gasteiger partial charge is 0.252 e. The van der Waals surface area contributed by atoms with Gasteiger partial charge in [-0.3, -0.25) is 4.79 Å². The predicted octanol–water partition coefficient (Wildman–Crippen LogP) is 3.80. The van der Waals surface area contributed by atoms with Crippen LogP contribution in [-0.2, 0) is 0 Å². The molecule has 2 rings (SSSR count). The Balaban J connectivity index is 2.17. The molecule has 2 aromatic rings. The van der Waals surface area contributed by atoms with Crippen LogP contribution >= 0.6 is 22.6 Å². The van der Waals surface area contributed by atoms with Gasteiger partial charge >= 0.3 is 0 Å². The SMILES string of the molecule is COc1ccc([C@H](C)NC(=O)c2ccccc2I)cc1OC. The van der Waals surface area contributed by atoms with Gasteiger partial charge in [0.25, 0.3) is 5.91 Å². The summed E-state index contributed by atoms with van der Waals surface area (Å²) >= 11 is 2.16. The fourth-order valence-electron chi connectivity index (χ4n) is 2.13. The van der Waals surface area contributed by atoms with Crippen LogP contribution in [-0.4, -0.2) is 20.1 Å². The number of carbonyl (C=O) groups excluding carboxylic acids is 1. The lowest BCUT2D eigenvalue weighted by atomic mass is 10.1. The number of amides is 1. The van der Waals surface area contributed by atoms with Crippen LogP contribution in [0.25, 0.3) is 0 Å². The third-order valence-electron chi connectivity index (χ3n) is 3.37. The highest BCUT2D eigenvalue weighted by Crippen LogP contribution is 2.30. The molecule has 0 saturated heterocycles. The van der Waals surface area contributed by atoms with Crippen LogP contribution in [0.4, 0.5) is 0 Å². The van der Waals surface area contributed by atoms with E-state index in [2.05, 4.69) is 27.9 Å². The van der Waals surface area contributed by atoms with Crippen molar-refractivity contribution in [1.82, 2.24) is 5.32 Å². The predicted molar refractivity (Wildman–Crippen MR) is 94.6 cm³/mol. The van der Waals surface area contributed by atoms with E-state index in [4.69, 9.17) is 9.47 Å². The van der Waals surface area contributed by atoms with Gasteiger partial charge in [0, 0.05) is 3.57 Å². The van der Waals surface area contributed by atoms with E-state index in [1.165, 1.54) is 0 Å². The second-order valence-electron chi connectivity index (χ2n) is 4.79. The molecule has 0 heterocycles. The van der Waals surface area contributed by atoms with Gasteiger partial charge in [0.05, 0.1) is 25.8 Å². The lowest BCUT2D eigenvalue weighted by Gasteiger charge is -2.17. The van der Waals surface area contributed by atoms with E-state index in [-0.39, 0.29) is 11.9 Å². The fraction of sp³-hybridized carbons (Fsp3) is 0.235. The molecule has 1 amide bonds. The van der Waals surface area contributed by atoms with Crippen LogP contribution in [0.15, 0.2) is 42.5 Å². The summed E-state index contributed by atoms with van der Waals surface area (Å²) in [6.45, 7) is 1.94. The van der Waals surface area contributed by atoms with Gasteiger partial charge in [0.15, 0.2) is 11.5 Å². The van der Waals surface area contributed by atoms with Gasteiger partial charge in [-0.1, -0.05) is 18.2 Å². The first-order valence-corrected chi connectivity index (χ1v) is 7.92. The number of hydrogen-bond acceptors (Lipinski definition) is 3. The summed E-state index contributed by atoms with van der Waals surface area (Å²) in [4.78, 5) is 12.4. The summed E-state index contributed by atoms with van der Waals surface area (Å²) in [5.41, 5.74) is 1.63. The van der Waals surface area contributed by atoms with Crippen LogP contribution in [0, 0.1) is 3.57 Å². The van der Waals surface area contributed by atoms with Crippen LogP contribution in [0.1, 0.15) is 28.9 Å². The lowest BCUT2D eigenvalue weighted by molar-refractivity contribution is 0.0939. The number of benzene rings is 2. The Morgan fingerprint density at radius 2 is 1.77 bits per heavy atom. The van der Waals surface area contributed by atoms with Crippen molar-refractivity contribution in [3.63, 3.8) is 0 Å². The van der Waals surface area contributed by atoms with Gasteiger partial charge in [-0.25, -0.2) is 0 Å². The van der Waals surface area contributed by atoms with Gasteiger partial charge < -0.3 is 14.8 Å². The minimum Gasteiger partial charge on any atom is -0.493 e. The molecule has 0 saturated carbocycles. The zero-order valence-corrected chi connectivity index (χ0v) is 14.9. The molecule has 0 radical (unpaired) electrons. The van der Waals surface area contributed by atoms with Crippen molar-refractivity contribution in [3.8, 4) is 11.5 Å². The first kappa shape index (κ1) is 16.6. The van der Waals surface area contributed by atoms with E-state index in [1.54, 1.807) is 14.2 Å². The van der Waals surface area contributed by atoms with Gasteiger partial charge in [0.2, 0.25) is 0 Å². The minimum atomic E-state index is -0.136. The summed E-state index contributed by atoms with van der Waals surface area (Å²) < 4.78 is 11.4. The maximum Gasteiger partial charge on any atom is 0.252 e. The van der Waals surface area contributed by atoms with Crippen molar-refractivity contribution in [2.45, 2.75) is 13.0 Å². The van der Waals surface area contributed by atoms with Crippen molar-refractivity contribution in [2.24, 2.45) is 0 Å². The maximum atomic E-state index is 12.4. The number of halogens is 1. The highest BCUT2D eigenvalue weighted by Gasteiger charge is 2.15. The van der Waals surface area contributed by atoms with E-state index in [1.807, 2.05) is 49.4 Å². The molecule has 0 bridgehead atoms. The molecule has 2 aromatic carbocycles. The molecule has 0 unspecified atom stereocenters. The molecule has 0 aliphatic rings. The number of hydrogen-bond donors (Lipinski definition) is 1. The molecule has 0 aliphatic carbocycles. The Morgan fingerprint density at radius 3 is 2.41 bits per heavy atom. The van der Waals surface area contributed by atoms with Crippen LogP contribution in [0.5, 0.6) is 11.5 Å². The zero-order chi connectivity index (χ0) is 16.1. The molecule has 4 nitrogen and oxygen atoms in total. The average molecular weight is 411 g/mol. The monoisotopic (exact) mass is 411 g/mol. The van der Waals surface area contributed by atoms with Crippen molar-refractivity contribution >= 4 is 28.5 Å². The van der Waals surface area contributed by atoms with Crippen LogP contribution < -0.4 is 14.8 Å². The van der Waals surface area contributed by atoms with Gasteiger partial charge in [-0.2, -0.15) is 0 Å². The largest absolute Gasteiger partial charge is 0.493 e. The number of rotatable bonds is 5. The maximum absolute atomic E-state index is 12.4. The fourth-order valence-corrected chi connectivity index (χ4v) is 2.76. The highest BCUT2D eigenvalue weighted by atomic mass is 127. The van der Waals surface area contributed by atoms with E-state index in [9.17, 15) is 4.79 Å².